The fraction of sp³-hybridized carbons (Fsp3) is 1.00. The average molecular weight is 262 g/mol. The average Bonchev–Trinajstić information content (AvgIpc) is 2.27. The Morgan fingerprint density at radius 3 is 2.71 bits per heavy atom. The number of rotatable bonds is 6. The number of hydrogen-bond acceptors (Lipinski definition) is 3. The van der Waals surface area contributed by atoms with Crippen LogP contribution in [-0.4, -0.2) is 38.1 Å². The smallest absolute Gasteiger partial charge is 0.214 e. The van der Waals surface area contributed by atoms with Crippen molar-refractivity contribution in [1.82, 2.24) is 4.31 Å². The van der Waals surface area contributed by atoms with E-state index in [0.717, 1.165) is 25.7 Å². The van der Waals surface area contributed by atoms with Crippen molar-refractivity contribution in [3.63, 3.8) is 0 Å². The van der Waals surface area contributed by atoms with Gasteiger partial charge in [0.15, 0.2) is 0 Å². The largest absolute Gasteiger partial charge is 0.330 e. The van der Waals surface area contributed by atoms with Gasteiger partial charge in [0.05, 0.1) is 5.75 Å². The molecule has 0 amide bonds. The number of piperidine rings is 1. The van der Waals surface area contributed by atoms with E-state index in [4.69, 9.17) is 5.73 Å². The molecule has 1 fully saturated rings. The Kier molecular flexibility index (Phi) is 5.89. The molecule has 0 aromatic rings. The normalized spacial score (nSPS) is 23.2. The third kappa shape index (κ3) is 4.94. The minimum atomic E-state index is -3.04. The maximum Gasteiger partial charge on any atom is 0.214 e. The molecule has 102 valence electrons. The molecule has 0 saturated carbocycles. The molecule has 0 bridgehead atoms. The lowest BCUT2D eigenvalue weighted by Gasteiger charge is -2.32. The highest BCUT2D eigenvalue weighted by Crippen LogP contribution is 2.22. The van der Waals surface area contributed by atoms with E-state index >= 15 is 0 Å². The summed E-state index contributed by atoms with van der Waals surface area (Å²) in [5, 5.41) is 0. The van der Waals surface area contributed by atoms with Gasteiger partial charge in [-0.15, -0.1) is 0 Å². The van der Waals surface area contributed by atoms with Crippen LogP contribution in [-0.2, 0) is 10.0 Å². The van der Waals surface area contributed by atoms with Crippen molar-refractivity contribution in [3.8, 4) is 0 Å². The molecular weight excluding hydrogens is 236 g/mol. The first-order valence-corrected chi connectivity index (χ1v) is 8.24. The van der Waals surface area contributed by atoms with Crippen LogP contribution in [0.5, 0.6) is 0 Å². The van der Waals surface area contributed by atoms with Crippen LogP contribution in [0.1, 0.15) is 39.5 Å². The molecule has 5 heteroatoms. The van der Waals surface area contributed by atoms with Gasteiger partial charge < -0.3 is 5.73 Å². The van der Waals surface area contributed by atoms with Crippen molar-refractivity contribution < 1.29 is 8.42 Å². The molecule has 1 aliphatic heterocycles. The summed E-state index contributed by atoms with van der Waals surface area (Å²) in [6.45, 7) is 6.15. The van der Waals surface area contributed by atoms with E-state index in [-0.39, 0.29) is 0 Å². The van der Waals surface area contributed by atoms with Crippen molar-refractivity contribution >= 4 is 10.0 Å². The number of hydrogen-bond donors (Lipinski definition) is 1. The molecule has 0 radical (unpaired) electrons. The summed E-state index contributed by atoms with van der Waals surface area (Å²) in [5.74, 6) is 1.19. The van der Waals surface area contributed by atoms with Crippen LogP contribution in [0.3, 0.4) is 0 Å². The molecule has 1 unspecified atom stereocenters. The lowest BCUT2D eigenvalue weighted by Crippen LogP contribution is -2.41. The highest BCUT2D eigenvalue weighted by Gasteiger charge is 2.28. The molecule has 1 atom stereocenters. The van der Waals surface area contributed by atoms with E-state index in [1.165, 1.54) is 0 Å². The van der Waals surface area contributed by atoms with Crippen LogP contribution >= 0.6 is 0 Å². The van der Waals surface area contributed by atoms with Crippen LogP contribution in [0.15, 0.2) is 0 Å². The zero-order valence-electron chi connectivity index (χ0n) is 11.1. The second kappa shape index (κ2) is 6.71. The fourth-order valence-corrected chi connectivity index (χ4v) is 4.14. The Labute approximate surface area is 106 Å². The minimum absolute atomic E-state index is 0.292. The summed E-state index contributed by atoms with van der Waals surface area (Å²) in [6, 6.07) is 0. The molecule has 0 aromatic heterocycles. The summed E-state index contributed by atoms with van der Waals surface area (Å²) in [6.07, 6.45) is 3.79. The Hall–Kier alpha value is -0.130. The van der Waals surface area contributed by atoms with Crippen molar-refractivity contribution in [3.05, 3.63) is 0 Å². The van der Waals surface area contributed by atoms with Crippen molar-refractivity contribution in [2.24, 2.45) is 17.6 Å². The lowest BCUT2D eigenvalue weighted by atomic mass is 9.96. The van der Waals surface area contributed by atoms with Crippen molar-refractivity contribution in [1.29, 1.82) is 0 Å². The van der Waals surface area contributed by atoms with E-state index < -0.39 is 10.0 Å². The number of nitrogens with zero attached hydrogens (tertiary/aromatic N) is 1. The van der Waals surface area contributed by atoms with Crippen LogP contribution in [0.25, 0.3) is 0 Å². The summed E-state index contributed by atoms with van der Waals surface area (Å²) in [4.78, 5) is 0. The van der Waals surface area contributed by atoms with Gasteiger partial charge in [0.2, 0.25) is 10.0 Å². The molecule has 1 rings (SSSR count). The Morgan fingerprint density at radius 1 is 1.41 bits per heavy atom. The van der Waals surface area contributed by atoms with Gasteiger partial charge in [-0.2, -0.15) is 0 Å². The molecule has 4 nitrogen and oxygen atoms in total. The summed E-state index contributed by atoms with van der Waals surface area (Å²) in [5.41, 5.74) is 5.54. The lowest BCUT2D eigenvalue weighted by molar-refractivity contribution is 0.258. The predicted molar refractivity (Wildman–Crippen MR) is 71.2 cm³/mol. The van der Waals surface area contributed by atoms with Gasteiger partial charge in [-0.25, -0.2) is 12.7 Å². The molecule has 2 N–H and O–H groups in total. The molecule has 1 heterocycles. The number of nitrogens with two attached hydrogens (primary N) is 1. The third-order valence-electron chi connectivity index (χ3n) is 3.40. The minimum Gasteiger partial charge on any atom is -0.330 e. The molecule has 17 heavy (non-hydrogen) atoms. The van der Waals surface area contributed by atoms with Crippen LogP contribution in [0.2, 0.25) is 0 Å². The number of sulfonamides is 1. The van der Waals surface area contributed by atoms with Crippen LogP contribution in [0, 0.1) is 11.8 Å². The SMILES string of the molecule is CC(C)CCS(=O)(=O)N1CCCC(CCN)C1. The third-order valence-corrected chi connectivity index (χ3v) is 5.27. The quantitative estimate of drug-likeness (QED) is 0.787. The first-order valence-electron chi connectivity index (χ1n) is 6.63. The molecular formula is C12H26N2O2S. The predicted octanol–water partition coefficient (Wildman–Crippen LogP) is 1.42. The first-order chi connectivity index (χ1) is 7.95. The van der Waals surface area contributed by atoms with E-state index in [1.54, 1.807) is 4.31 Å². The maximum atomic E-state index is 12.1. The highest BCUT2D eigenvalue weighted by molar-refractivity contribution is 7.89. The van der Waals surface area contributed by atoms with E-state index in [2.05, 4.69) is 13.8 Å². The van der Waals surface area contributed by atoms with Gasteiger partial charge in [0, 0.05) is 13.1 Å². The molecule has 0 aliphatic carbocycles. The monoisotopic (exact) mass is 262 g/mol. The summed E-state index contributed by atoms with van der Waals surface area (Å²) >= 11 is 0. The van der Waals surface area contributed by atoms with E-state index in [1.807, 2.05) is 0 Å². The van der Waals surface area contributed by atoms with Gasteiger partial charge in [-0.05, 0) is 44.1 Å². The molecule has 0 aromatic carbocycles. The van der Waals surface area contributed by atoms with E-state index in [9.17, 15) is 8.42 Å². The summed E-state index contributed by atoms with van der Waals surface area (Å²) in [7, 11) is -3.04. The fourth-order valence-electron chi connectivity index (χ4n) is 2.26. The Balaban J connectivity index is 2.52. The van der Waals surface area contributed by atoms with Crippen molar-refractivity contribution in [2.45, 2.75) is 39.5 Å². The maximum absolute atomic E-state index is 12.1. The Bertz CT molecular complexity index is 312. The molecule has 0 spiro atoms. The topological polar surface area (TPSA) is 63.4 Å². The van der Waals surface area contributed by atoms with Crippen LogP contribution < -0.4 is 5.73 Å². The Morgan fingerprint density at radius 2 is 2.12 bits per heavy atom. The van der Waals surface area contributed by atoms with E-state index in [0.29, 0.717) is 37.2 Å². The second-order valence-electron chi connectivity index (χ2n) is 5.44. The van der Waals surface area contributed by atoms with Gasteiger partial charge in [0.25, 0.3) is 0 Å². The molecule has 1 saturated heterocycles. The zero-order chi connectivity index (χ0) is 12.9. The van der Waals surface area contributed by atoms with Gasteiger partial charge in [0.1, 0.15) is 0 Å². The first kappa shape index (κ1) is 14.9. The zero-order valence-corrected chi connectivity index (χ0v) is 11.9. The van der Waals surface area contributed by atoms with Crippen molar-refractivity contribution in [2.75, 3.05) is 25.4 Å². The van der Waals surface area contributed by atoms with Gasteiger partial charge >= 0.3 is 0 Å². The van der Waals surface area contributed by atoms with Gasteiger partial charge in [-0.1, -0.05) is 13.8 Å². The summed E-state index contributed by atoms with van der Waals surface area (Å²) < 4.78 is 25.9. The van der Waals surface area contributed by atoms with Gasteiger partial charge in [-0.3, -0.25) is 0 Å². The standard InChI is InChI=1S/C12H26N2O2S/c1-11(2)6-9-17(15,16)14-8-3-4-12(10-14)5-7-13/h11-12H,3-10,13H2,1-2H3. The highest BCUT2D eigenvalue weighted by atomic mass is 32.2. The second-order valence-corrected chi connectivity index (χ2v) is 7.53. The molecule has 1 aliphatic rings. The van der Waals surface area contributed by atoms with Crippen LogP contribution in [0.4, 0.5) is 0 Å².